The van der Waals surface area contributed by atoms with E-state index in [4.69, 9.17) is 0 Å². The van der Waals surface area contributed by atoms with Gasteiger partial charge in [-0.1, -0.05) is 20.3 Å². The molecule has 3 aliphatic rings. The molecule has 17 heavy (non-hydrogen) atoms. The van der Waals surface area contributed by atoms with Gasteiger partial charge in [0.05, 0.1) is 0 Å². The zero-order valence-corrected chi connectivity index (χ0v) is 10.9. The van der Waals surface area contributed by atoms with Crippen LogP contribution < -0.4 is 0 Å². The highest BCUT2D eigenvalue weighted by Crippen LogP contribution is 2.62. The summed E-state index contributed by atoms with van der Waals surface area (Å²) in [6.45, 7) is 6.79. The van der Waals surface area contributed by atoms with E-state index in [9.17, 15) is 10.4 Å². The molecule has 4 heteroatoms. The summed E-state index contributed by atoms with van der Waals surface area (Å²) >= 11 is 0. The van der Waals surface area contributed by atoms with Gasteiger partial charge < -0.3 is 10.4 Å². The van der Waals surface area contributed by atoms with Gasteiger partial charge in [0.2, 0.25) is 0 Å². The van der Waals surface area contributed by atoms with E-state index in [0.717, 1.165) is 19.5 Å². The molecule has 1 saturated carbocycles. The average Bonchev–Trinajstić information content (AvgIpc) is 2.84. The van der Waals surface area contributed by atoms with Crippen LogP contribution in [0.15, 0.2) is 0 Å². The lowest BCUT2D eigenvalue weighted by atomic mass is 9.62. The SMILES string of the molecule is CC1(C)CCC[C@]12CCN1CC[C@H](N([O-])O)[C@H]12. The van der Waals surface area contributed by atoms with Crippen LogP contribution in [-0.4, -0.2) is 40.5 Å². The van der Waals surface area contributed by atoms with Crippen molar-refractivity contribution >= 4 is 0 Å². The van der Waals surface area contributed by atoms with Crippen LogP contribution in [0.1, 0.15) is 46.0 Å². The first kappa shape index (κ1) is 11.9. The monoisotopic (exact) mass is 239 g/mol. The molecule has 2 heterocycles. The summed E-state index contributed by atoms with van der Waals surface area (Å²) in [5.41, 5.74) is 0.574. The standard InChI is InChI=1S/C13H23N2O2/c1-12(2)5-3-6-13(12)7-9-14-8-4-10(11(13)14)15(16)17/h10-11,16H,3-9H2,1-2H3/q-1/t10-,11-,13+/m0/s1. The molecule has 2 aliphatic heterocycles. The molecular weight excluding hydrogens is 216 g/mol. The minimum absolute atomic E-state index is 0.199. The molecule has 98 valence electrons. The topological polar surface area (TPSA) is 49.8 Å². The van der Waals surface area contributed by atoms with Gasteiger partial charge in [-0.2, -0.15) is 0 Å². The lowest BCUT2D eigenvalue weighted by Gasteiger charge is -2.47. The maximum Gasteiger partial charge on any atom is 0.0390 e. The lowest BCUT2D eigenvalue weighted by molar-refractivity contribution is -0.105. The zero-order valence-electron chi connectivity index (χ0n) is 10.9. The summed E-state index contributed by atoms with van der Waals surface area (Å²) in [6, 6.07) is 0.0809. The van der Waals surface area contributed by atoms with E-state index in [1.165, 1.54) is 25.7 Å². The molecule has 0 bridgehead atoms. The van der Waals surface area contributed by atoms with Crippen molar-refractivity contribution in [1.82, 2.24) is 10.1 Å². The molecule has 0 unspecified atom stereocenters. The Morgan fingerprint density at radius 2 is 2.00 bits per heavy atom. The maximum atomic E-state index is 11.4. The van der Waals surface area contributed by atoms with Crippen molar-refractivity contribution in [2.24, 2.45) is 10.8 Å². The van der Waals surface area contributed by atoms with Crippen LogP contribution in [-0.2, 0) is 0 Å². The third-order valence-electron chi connectivity index (χ3n) is 5.94. The van der Waals surface area contributed by atoms with Crippen LogP contribution in [0.4, 0.5) is 0 Å². The van der Waals surface area contributed by atoms with E-state index in [1.807, 2.05) is 0 Å². The van der Waals surface area contributed by atoms with Crippen LogP contribution in [0, 0.1) is 16.0 Å². The first-order valence-electron chi connectivity index (χ1n) is 6.87. The second-order valence-electron chi connectivity index (χ2n) is 6.78. The first-order valence-corrected chi connectivity index (χ1v) is 6.87. The number of hydroxylamine groups is 2. The van der Waals surface area contributed by atoms with Gasteiger partial charge in [0.25, 0.3) is 0 Å². The average molecular weight is 239 g/mol. The molecule has 3 rings (SSSR count). The molecule has 0 aromatic rings. The summed E-state index contributed by atoms with van der Waals surface area (Å²) in [5, 5.41) is 21.0. The Morgan fingerprint density at radius 3 is 2.59 bits per heavy atom. The van der Waals surface area contributed by atoms with Crippen molar-refractivity contribution in [1.29, 1.82) is 0 Å². The molecular formula is C13H23N2O2-. The molecule has 4 nitrogen and oxygen atoms in total. The second-order valence-corrected chi connectivity index (χ2v) is 6.78. The first-order chi connectivity index (χ1) is 7.98. The van der Waals surface area contributed by atoms with E-state index in [0.29, 0.717) is 5.41 Å². The summed E-state index contributed by atoms with van der Waals surface area (Å²) in [5.74, 6) is 0. The third-order valence-corrected chi connectivity index (χ3v) is 5.94. The van der Waals surface area contributed by atoms with E-state index in [-0.39, 0.29) is 22.7 Å². The highest BCUT2D eigenvalue weighted by molar-refractivity contribution is 5.14. The summed E-state index contributed by atoms with van der Waals surface area (Å²) in [4.78, 5) is 2.44. The number of nitrogens with zero attached hydrogens (tertiary/aromatic N) is 2. The van der Waals surface area contributed by atoms with Crippen LogP contribution in [0.25, 0.3) is 0 Å². The number of hydrogen-bond donors (Lipinski definition) is 1. The van der Waals surface area contributed by atoms with E-state index >= 15 is 0 Å². The summed E-state index contributed by atoms with van der Waals surface area (Å²) in [7, 11) is 0. The predicted octanol–water partition coefficient (Wildman–Crippen LogP) is 2.22. The normalized spacial score (nSPS) is 45.0. The van der Waals surface area contributed by atoms with Gasteiger partial charge in [0.15, 0.2) is 0 Å². The highest BCUT2D eigenvalue weighted by Gasteiger charge is 2.61. The predicted molar refractivity (Wildman–Crippen MR) is 65.4 cm³/mol. The van der Waals surface area contributed by atoms with Crippen LogP contribution in [0.5, 0.6) is 0 Å². The highest BCUT2D eigenvalue weighted by atomic mass is 16.8. The minimum atomic E-state index is -0.199. The Bertz CT molecular complexity index is 319. The Kier molecular flexibility index (Phi) is 2.57. The van der Waals surface area contributed by atoms with Crippen LogP contribution in [0.2, 0.25) is 0 Å². The van der Waals surface area contributed by atoms with Crippen molar-refractivity contribution in [3.05, 3.63) is 5.21 Å². The lowest BCUT2D eigenvalue weighted by Crippen LogP contribution is -2.51. The van der Waals surface area contributed by atoms with Gasteiger partial charge in [-0.15, -0.1) is 0 Å². The molecule has 1 aliphatic carbocycles. The molecule has 3 fully saturated rings. The van der Waals surface area contributed by atoms with Crippen molar-refractivity contribution < 1.29 is 5.21 Å². The van der Waals surface area contributed by atoms with Crippen molar-refractivity contribution in [2.75, 3.05) is 13.1 Å². The van der Waals surface area contributed by atoms with E-state index in [2.05, 4.69) is 18.7 Å². The van der Waals surface area contributed by atoms with Crippen molar-refractivity contribution in [2.45, 2.75) is 58.0 Å². The number of hydrogen-bond acceptors (Lipinski definition) is 4. The zero-order chi connectivity index (χ0) is 12.3. The van der Waals surface area contributed by atoms with Gasteiger partial charge in [-0.3, -0.25) is 10.1 Å². The van der Waals surface area contributed by atoms with Gasteiger partial charge in [-0.25, -0.2) is 0 Å². The van der Waals surface area contributed by atoms with E-state index < -0.39 is 0 Å². The van der Waals surface area contributed by atoms with Gasteiger partial charge >= 0.3 is 0 Å². The molecule has 3 atom stereocenters. The molecule has 1 N–H and O–H groups in total. The number of fused-ring (bicyclic) bond motifs is 2. The smallest absolute Gasteiger partial charge is 0.0390 e. The fourth-order valence-electron chi connectivity index (χ4n) is 4.97. The Balaban J connectivity index is 1.96. The third kappa shape index (κ3) is 1.44. The fourth-order valence-corrected chi connectivity index (χ4v) is 4.97. The molecule has 2 saturated heterocycles. The van der Waals surface area contributed by atoms with Crippen molar-refractivity contribution in [3.63, 3.8) is 0 Å². The Labute approximate surface area is 103 Å². The molecule has 0 aromatic heterocycles. The Hall–Kier alpha value is -0.160. The van der Waals surface area contributed by atoms with Crippen molar-refractivity contribution in [3.8, 4) is 0 Å². The molecule has 0 radical (unpaired) electrons. The van der Waals surface area contributed by atoms with Crippen LogP contribution in [0.3, 0.4) is 0 Å². The van der Waals surface area contributed by atoms with E-state index in [1.54, 1.807) is 0 Å². The quantitative estimate of drug-likeness (QED) is 0.713. The molecule has 1 spiro atoms. The fraction of sp³-hybridized carbons (Fsp3) is 1.00. The number of rotatable bonds is 1. The largest absolute Gasteiger partial charge is 0.762 e. The summed E-state index contributed by atoms with van der Waals surface area (Å²) in [6.07, 6.45) is 5.78. The van der Waals surface area contributed by atoms with Gasteiger partial charge in [0.1, 0.15) is 0 Å². The van der Waals surface area contributed by atoms with Gasteiger partial charge in [0, 0.05) is 18.6 Å². The molecule has 0 aromatic carbocycles. The van der Waals surface area contributed by atoms with Crippen LogP contribution >= 0.6 is 0 Å². The Morgan fingerprint density at radius 1 is 1.24 bits per heavy atom. The van der Waals surface area contributed by atoms with Gasteiger partial charge in [-0.05, 0) is 43.1 Å². The maximum absolute atomic E-state index is 11.4. The second kappa shape index (κ2) is 3.67. The molecule has 0 amide bonds. The minimum Gasteiger partial charge on any atom is -0.762 e. The summed E-state index contributed by atoms with van der Waals surface area (Å²) < 4.78 is 0.